The molecule has 1 aromatic carbocycles. The van der Waals surface area contributed by atoms with Crippen molar-refractivity contribution in [2.24, 2.45) is 0 Å². The Morgan fingerprint density at radius 1 is 0.792 bits per heavy atom. The second-order valence-electron chi connectivity index (χ2n) is 5.68. The molecule has 1 aliphatic heterocycles. The molecule has 0 unspecified atom stereocenters. The Kier molecular flexibility index (Phi) is 4.84. The molecule has 0 radical (unpaired) electrons. The van der Waals surface area contributed by atoms with Gasteiger partial charge in [-0.1, -0.05) is 0 Å². The van der Waals surface area contributed by atoms with Crippen LogP contribution in [0.3, 0.4) is 0 Å². The molecular formula is C18H18FN3O2. The van der Waals surface area contributed by atoms with Gasteiger partial charge in [0.25, 0.3) is 11.8 Å². The van der Waals surface area contributed by atoms with E-state index in [9.17, 15) is 14.0 Å². The molecule has 0 saturated carbocycles. The van der Waals surface area contributed by atoms with Crippen LogP contribution in [0.15, 0.2) is 48.8 Å². The van der Waals surface area contributed by atoms with E-state index >= 15 is 0 Å². The van der Waals surface area contributed by atoms with Crippen LogP contribution in [-0.4, -0.2) is 52.8 Å². The second kappa shape index (κ2) is 7.21. The number of carbonyl (C=O) groups excluding carboxylic acids is 2. The molecule has 0 spiro atoms. The highest BCUT2D eigenvalue weighted by Crippen LogP contribution is 2.12. The molecule has 1 saturated heterocycles. The van der Waals surface area contributed by atoms with Gasteiger partial charge in [-0.05, 0) is 42.8 Å². The first kappa shape index (κ1) is 16.1. The van der Waals surface area contributed by atoms with Gasteiger partial charge in [-0.3, -0.25) is 14.6 Å². The van der Waals surface area contributed by atoms with Gasteiger partial charge in [0, 0.05) is 49.7 Å². The minimum Gasteiger partial charge on any atom is -0.337 e. The van der Waals surface area contributed by atoms with Crippen molar-refractivity contribution >= 4 is 11.8 Å². The number of hydrogen-bond acceptors (Lipinski definition) is 3. The van der Waals surface area contributed by atoms with Gasteiger partial charge in [-0.25, -0.2) is 4.39 Å². The normalized spacial score (nSPS) is 15.0. The summed E-state index contributed by atoms with van der Waals surface area (Å²) in [5, 5.41) is 0. The van der Waals surface area contributed by atoms with Crippen LogP contribution < -0.4 is 0 Å². The standard InChI is InChI=1S/C18H18FN3O2/c19-16-4-2-14(3-5-16)17(23)21-10-1-11-22(13-12-21)18(24)15-6-8-20-9-7-15/h2-9H,1,10-13H2. The van der Waals surface area contributed by atoms with Crippen molar-refractivity contribution in [3.05, 3.63) is 65.7 Å². The summed E-state index contributed by atoms with van der Waals surface area (Å²) in [6.07, 6.45) is 3.90. The van der Waals surface area contributed by atoms with Crippen LogP contribution in [-0.2, 0) is 0 Å². The molecule has 2 amide bonds. The average Bonchev–Trinajstić information content (AvgIpc) is 2.88. The molecular weight excluding hydrogens is 309 g/mol. The predicted molar refractivity (Wildman–Crippen MR) is 87.1 cm³/mol. The zero-order valence-corrected chi connectivity index (χ0v) is 13.2. The van der Waals surface area contributed by atoms with Crippen LogP contribution in [0.5, 0.6) is 0 Å². The van der Waals surface area contributed by atoms with Crippen LogP contribution >= 0.6 is 0 Å². The summed E-state index contributed by atoms with van der Waals surface area (Å²) in [7, 11) is 0. The Balaban J connectivity index is 1.65. The van der Waals surface area contributed by atoms with Crippen LogP contribution in [0.2, 0.25) is 0 Å². The largest absolute Gasteiger partial charge is 0.337 e. The number of aromatic nitrogens is 1. The third kappa shape index (κ3) is 3.59. The van der Waals surface area contributed by atoms with E-state index in [-0.39, 0.29) is 17.6 Å². The van der Waals surface area contributed by atoms with Crippen LogP contribution in [0.4, 0.5) is 4.39 Å². The molecule has 0 atom stereocenters. The van der Waals surface area contributed by atoms with E-state index in [1.54, 1.807) is 34.3 Å². The van der Waals surface area contributed by atoms with Crippen molar-refractivity contribution in [1.29, 1.82) is 0 Å². The van der Waals surface area contributed by atoms with E-state index in [1.807, 2.05) is 0 Å². The van der Waals surface area contributed by atoms with Crippen molar-refractivity contribution in [2.75, 3.05) is 26.2 Å². The van der Waals surface area contributed by atoms with E-state index < -0.39 is 0 Å². The Hall–Kier alpha value is -2.76. The predicted octanol–water partition coefficient (Wildman–Crippen LogP) is 2.21. The minimum absolute atomic E-state index is 0.0477. The first-order valence-corrected chi connectivity index (χ1v) is 7.89. The number of benzene rings is 1. The lowest BCUT2D eigenvalue weighted by atomic mass is 10.2. The minimum atomic E-state index is -0.364. The Labute approximate surface area is 139 Å². The summed E-state index contributed by atoms with van der Waals surface area (Å²) in [4.78, 5) is 32.4. The number of rotatable bonds is 2. The first-order chi connectivity index (χ1) is 11.6. The molecule has 0 aliphatic carbocycles. The van der Waals surface area contributed by atoms with Crippen LogP contribution in [0.25, 0.3) is 0 Å². The summed E-state index contributed by atoms with van der Waals surface area (Å²) in [5.41, 5.74) is 1.06. The Bertz CT molecular complexity index is 719. The second-order valence-corrected chi connectivity index (χ2v) is 5.68. The molecule has 0 bridgehead atoms. The maximum absolute atomic E-state index is 13.0. The zero-order valence-electron chi connectivity index (χ0n) is 13.2. The summed E-state index contributed by atoms with van der Waals surface area (Å²) in [5.74, 6) is -0.543. The number of carbonyl (C=O) groups is 2. The number of nitrogens with zero attached hydrogens (tertiary/aromatic N) is 3. The number of amides is 2. The quantitative estimate of drug-likeness (QED) is 0.850. The van der Waals surface area contributed by atoms with Gasteiger partial charge in [-0.15, -0.1) is 0 Å². The van der Waals surface area contributed by atoms with E-state index in [0.29, 0.717) is 43.7 Å². The summed E-state index contributed by atoms with van der Waals surface area (Å²) >= 11 is 0. The lowest BCUT2D eigenvalue weighted by Gasteiger charge is -2.22. The van der Waals surface area contributed by atoms with Gasteiger partial charge in [0.2, 0.25) is 0 Å². The molecule has 3 rings (SSSR count). The van der Waals surface area contributed by atoms with E-state index in [1.165, 1.54) is 24.3 Å². The Morgan fingerprint density at radius 2 is 1.29 bits per heavy atom. The number of halogens is 1. The first-order valence-electron chi connectivity index (χ1n) is 7.89. The van der Waals surface area contributed by atoms with E-state index in [2.05, 4.69) is 4.98 Å². The maximum atomic E-state index is 13.0. The smallest absolute Gasteiger partial charge is 0.254 e. The van der Waals surface area contributed by atoms with Crippen molar-refractivity contribution in [3.8, 4) is 0 Å². The molecule has 5 nitrogen and oxygen atoms in total. The highest BCUT2D eigenvalue weighted by atomic mass is 19.1. The lowest BCUT2D eigenvalue weighted by molar-refractivity contribution is 0.0718. The van der Waals surface area contributed by atoms with Gasteiger partial charge in [0.05, 0.1) is 0 Å². The number of hydrogen-bond donors (Lipinski definition) is 0. The fourth-order valence-electron chi connectivity index (χ4n) is 2.78. The van der Waals surface area contributed by atoms with Gasteiger partial charge >= 0.3 is 0 Å². The molecule has 1 aliphatic rings. The summed E-state index contributed by atoms with van der Waals surface area (Å²) < 4.78 is 13.0. The highest BCUT2D eigenvalue weighted by molar-refractivity contribution is 5.95. The van der Waals surface area contributed by atoms with Crippen molar-refractivity contribution in [2.45, 2.75) is 6.42 Å². The maximum Gasteiger partial charge on any atom is 0.254 e. The van der Waals surface area contributed by atoms with Gasteiger partial charge < -0.3 is 9.80 Å². The summed E-state index contributed by atoms with van der Waals surface area (Å²) in [6, 6.07) is 8.92. The molecule has 24 heavy (non-hydrogen) atoms. The van der Waals surface area contributed by atoms with Crippen LogP contribution in [0, 0.1) is 5.82 Å². The van der Waals surface area contributed by atoms with Crippen molar-refractivity contribution in [3.63, 3.8) is 0 Å². The fraction of sp³-hybridized carbons (Fsp3) is 0.278. The van der Waals surface area contributed by atoms with Crippen molar-refractivity contribution in [1.82, 2.24) is 14.8 Å². The molecule has 1 aromatic heterocycles. The molecule has 2 aromatic rings. The molecule has 1 fully saturated rings. The molecule has 2 heterocycles. The fourth-order valence-corrected chi connectivity index (χ4v) is 2.78. The van der Waals surface area contributed by atoms with Crippen LogP contribution in [0.1, 0.15) is 27.1 Å². The van der Waals surface area contributed by atoms with E-state index in [4.69, 9.17) is 0 Å². The lowest BCUT2D eigenvalue weighted by Crippen LogP contribution is -2.37. The van der Waals surface area contributed by atoms with Gasteiger partial charge in [0.15, 0.2) is 0 Å². The van der Waals surface area contributed by atoms with Gasteiger partial charge in [0.1, 0.15) is 5.82 Å². The molecule has 124 valence electrons. The van der Waals surface area contributed by atoms with Crippen molar-refractivity contribution < 1.29 is 14.0 Å². The zero-order chi connectivity index (χ0) is 16.9. The topological polar surface area (TPSA) is 53.5 Å². The highest BCUT2D eigenvalue weighted by Gasteiger charge is 2.23. The monoisotopic (exact) mass is 327 g/mol. The Morgan fingerprint density at radius 3 is 1.83 bits per heavy atom. The van der Waals surface area contributed by atoms with Gasteiger partial charge in [-0.2, -0.15) is 0 Å². The van der Waals surface area contributed by atoms with E-state index in [0.717, 1.165) is 0 Å². The SMILES string of the molecule is O=C(c1ccncc1)N1CCCN(C(=O)c2ccc(F)cc2)CC1. The average molecular weight is 327 g/mol. The summed E-state index contributed by atoms with van der Waals surface area (Å²) in [6.45, 7) is 2.13. The third-order valence-corrected chi connectivity index (χ3v) is 4.09. The molecule has 6 heteroatoms. The number of pyridine rings is 1. The molecule has 0 N–H and O–H groups in total. The third-order valence-electron chi connectivity index (χ3n) is 4.09.